The molecule has 0 aromatic rings. The van der Waals surface area contributed by atoms with Gasteiger partial charge in [0, 0.05) is 12.8 Å². The molecule has 60 heavy (non-hydrogen) atoms. The van der Waals surface area contributed by atoms with E-state index in [0.717, 1.165) is 70.6 Å². The van der Waals surface area contributed by atoms with E-state index in [1.807, 2.05) is 91.1 Å². The van der Waals surface area contributed by atoms with Crippen LogP contribution in [0.5, 0.6) is 0 Å². The van der Waals surface area contributed by atoms with Crippen LogP contribution in [0.4, 0.5) is 0 Å². The zero-order chi connectivity index (χ0) is 44.3. The Morgan fingerprint density at radius 2 is 0.950 bits per heavy atom. The van der Waals surface area contributed by atoms with Gasteiger partial charge in [0.05, 0.1) is 6.61 Å². The van der Waals surface area contributed by atoms with Gasteiger partial charge in [-0.3, -0.25) is 18.6 Å². The largest absolute Gasteiger partial charge is 0.472 e. The molecule has 0 radical (unpaired) electrons. The highest BCUT2D eigenvalue weighted by atomic mass is 31.2. The van der Waals surface area contributed by atoms with Crippen LogP contribution in [0.3, 0.4) is 0 Å². The number of allylic oxidation sites excluding steroid dienone is 18. The lowest BCUT2D eigenvalue weighted by atomic mass is 9.85. The first-order valence-corrected chi connectivity index (χ1v) is 22.8. The normalized spacial score (nSPS) is 23.3. The molecule has 6 N–H and O–H groups in total. The first kappa shape index (κ1) is 54.5. The molecule has 1 fully saturated rings. The number of carbonyl (C=O) groups excluding carboxylic acids is 2. The summed E-state index contributed by atoms with van der Waals surface area (Å²) >= 11 is 0. The van der Waals surface area contributed by atoms with Gasteiger partial charge in [-0.15, -0.1) is 0 Å². The van der Waals surface area contributed by atoms with Crippen molar-refractivity contribution in [1.29, 1.82) is 0 Å². The minimum atomic E-state index is -5.14. The third-order valence-electron chi connectivity index (χ3n) is 9.05. The maximum absolute atomic E-state index is 12.8. The topological polar surface area (TPSA) is 210 Å². The van der Waals surface area contributed by atoms with Gasteiger partial charge < -0.3 is 39.9 Å². The number of carbonyl (C=O) groups is 2. The maximum Gasteiger partial charge on any atom is 0.472 e. The molecule has 0 amide bonds. The van der Waals surface area contributed by atoms with Crippen molar-refractivity contribution in [2.75, 3.05) is 13.2 Å². The molecule has 338 valence electrons. The van der Waals surface area contributed by atoms with Crippen LogP contribution >= 0.6 is 7.82 Å². The fourth-order valence-electron chi connectivity index (χ4n) is 5.62. The van der Waals surface area contributed by atoms with Crippen molar-refractivity contribution in [3.63, 3.8) is 0 Å². The summed E-state index contributed by atoms with van der Waals surface area (Å²) in [7, 11) is -5.14. The van der Waals surface area contributed by atoms with Crippen LogP contribution < -0.4 is 0 Å². The van der Waals surface area contributed by atoms with Crippen molar-refractivity contribution < 1.29 is 63.1 Å². The number of ether oxygens (including phenoxy) is 2. The van der Waals surface area contributed by atoms with Crippen LogP contribution in [0.2, 0.25) is 0 Å². The molecule has 0 heterocycles. The number of aliphatic hydroxyl groups is 5. The molecule has 14 heteroatoms. The van der Waals surface area contributed by atoms with Gasteiger partial charge >= 0.3 is 19.8 Å². The van der Waals surface area contributed by atoms with E-state index >= 15 is 0 Å². The smallest absolute Gasteiger partial charge is 0.462 e. The first-order valence-electron chi connectivity index (χ1n) is 21.3. The van der Waals surface area contributed by atoms with E-state index < -0.39 is 75.7 Å². The number of phosphoric acid groups is 1. The molecule has 1 aliphatic carbocycles. The summed E-state index contributed by atoms with van der Waals surface area (Å²) in [6.07, 6.45) is 34.3. The van der Waals surface area contributed by atoms with Gasteiger partial charge in [-0.2, -0.15) is 0 Å². The molecule has 13 nitrogen and oxygen atoms in total. The number of unbranched alkanes of at least 4 members (excludes halogenated alkanes) is 9. The molecule has 0 aromatic heterocycles. The molecule has 8 atom stereocenters. The lowest BCUT2D eigenvalue weighted by molar-refractivity contribution is -0.220. The fraction of sp³-hybridized carbons (Fsp3) is 0.565. The Labute approximate surface area is 357 Å². The van der Waals surface area contributed by atoms with Gasteiger partial charge in [0.15, 0.2) is 6.10 Å². The van der Waals surface area contributed by atoms with Gasteiger partial charge in [0.25, 0.3) is 0 Å². The van der Waals surface area contributed by atoms with Crippen molar-refractivity contribution in [3.05, 3.63) is 109 Å². The van der Waals surface area contributed by atoms with Gasteiger partial charge in [0.2, 0.25) is 0 Å². The van der Waals surface area contributed by atoms with E-state index in [2.05, 4.69) is 32.1 Å². The van der Waals surface area contributed by atoms with Crippen molar-refractivity contribution in [2.45, 2.75) is 153 Å². The van der Waals surface area contributed by atoms with Crippen molar-refractivity contribution in [2.24, 2.45) is 0 Å². The summed E-state index contributed by atoms with van der Waals surface area (Å²) in [5.74, 6) is -1.19. The van der Waals surface area contributed by atoms with E-state index in [4.69, 9.17) is 18.5 Å². The summed E-state index contributed by atoms with van der Waals surface area (Å²) in [6.45, 7) is 2.98. The van der Waals surface area contributed by atoms with E-state index in [0.29, 0.717) is 12.8 Å². The van der Waals surface area contributed by atoms with Crippen LogP contribution in [0.15, 0.2) is 109 Å². The molecule has 0 saturated heterocycles. The highest BCUT2D eigenvalue weighted by Gasteiger charge is 2.51. The van der Waals surface area contributed by atoms with E-state index in [-0.39, 0.29) is 12.8 Å². The number of esters is 2. The second kappa shape index (κ2) is 35.1. The summed E-state index contributed by atoms with van der Waals surface area (Å²) in [5.41, 5.74) is 0. The van der Waals surface area contributed by atoms with Gasteiger partial charge in [0.1, 0.15) is 43.2 Å². The fourth-order valence-corrected chi connectivity index (χ4v) is 6.59. The zero-order valence-electron chi connectivity index (χ0n) is 35.4. The average molecular weight is 863 g/mol. The molecule has 1 aliphatic rings. The molecular formula is C46H71O13P. The lowest BCUT2D eigenvalue weighted by Gasteiger charge is -2.41. The van der Waals surface area contributed by atoms with Crippen LogP contribution in [0.25, 0.3) is 0 Å². The molecule has 0 spiro atoms. The lowest BCUT2D eigenvalue weighted by Crippen LogP contribution is -2.64. The summed E-state index contributed by atoms with van der Waals surface area (Å²) < 4.78 is 33.4. The van der Waals surface area contributed by atoms with Crippen molar-refractivity contribution in [3.8, 4) is 0 Å². The predicted octanol–water partition coefficient (Wildman–Crippen LogP) is 7.66. The second-order valence-electron chi connectivity index (χ2n) is 14.3. The van der Waals surface area contributed by atoms with Crippen LogP contribution in [0, 0.1) is 0 Å². The SMILES string of the molecule is CC/C=C/C=C/C=C/C=C/CCCCCC(=O)OC(COC(=O)CCCCCCC/C=C/C=C/C=C/C=C/C=C/CCC)COP(=O)(O)OC1C(O)C(O)C(O)[C@H](O)C1O. The van der Waals surface area contributed by atoms with Gasteiger partial charge in [-0.05, 0) is 51.4 Å². The Morgan fingerprint density at radius 1 is 0.533 bits per heavy atom. The van der Waals surface area contributed by atoms with Gasteiger partial charge in [-0.25, -0.2) is 4.57 Å². The van der Waals surface area contributed by atoms with Crippen molar-refractivity contribution in [1.82, 2.24) is 0 Å². The summed E-state index contributed by atoms with van der Waals surface area (Å²) in [6, 6.07) is 0. The molecule has 1 saturated carbocycles. The standard InChI is InChI=1S/C46H71O13P/c1-3-5-7-9-11-13-15-17-18-19-20-21-23-24-26-28-30-32-34-39(47)56-36-38(37-57-60(54,55)59-46-44(52)42(50)41(49)43(51)45(46)53)58-40(48)35-33-31-29-27-25-22-16-14-12-10-8-6-4-2/h6-22,25,38,41-46,49-53H,3-5,23-24,26-37H2,1-2H3,(H,54,55)/b8-6+,9-7+,12-10+,13-11+,16-14+,17-15+,19-18+,21-20+,25-22+/t38?,41?,42-,43?,44?,45?,46?/m0/s1. The number of hydrogen-bond donors (Lipinski definition) is 6. The third-order valence-corrected chi connectivity index (χ3v) is 10.0. The Morgan fingerprint density at radius 3 is 1.47 bits per heavy atom. The minimum absolute atomic E-state index is 0.0368. The van der Waals surface area contributed by atoms with E-state index in [9.17, 15) is 44.6 Å². The molecule has 1 rings (SSSR count). The Bertz CT molecular complexity index is 1460. The van der Waals surface area contributed by atoms with E-state index in [1.54, 1.807) is 0 Å². The Hall–Kier alpha value is -3.49. The van der Waals surface area contributed by atoms with E-state index in [1.165, 1.54) is 0 Å². The quantitative estimate of drug-likeness (QED) is 0.0166. The number of hydrogen-bond acceptors (Lipinski definition) is 12. The number of aliphatic hydroxyl groups excluding tert-OH is 5. The molecule has 7 unspecified atom stereocenters. The predicted molar refractivity (Wildman–Crippen MR) is 234 cm³/mol. The molecule has 0 aromatic carbocycles. The highest BCUT2D eigenvalue weighted by molar-refractivity contribution is 7.47. The summed E-state index contributed by atoms with van der Waals surface area (Å²) in [4.78, 5) is 35.6. The third kappa shape index (κ3) is 27.4. The average Bonchev–Trinajstić information content (AvgIpc) is 3.23. The Balaban J connectivity index is 2.55. The number of phosphoric ester groups is 1. The van der Waals surface area contributed by atoms with Crippen LogP contribution in [-0.2, 0) is 32.7 Å². The maximum atomic E-state index is 12.8. The summed E-state index contributed by atoms with van der Waals surface area (Å²) in [5, 5.41) is 50.1. The van der Waals surface area contributed by atoms with Crippen LogP contribution in [0.1, 0.15) is 110 Å². The number of rotatable bonds is 32. The van der Waals surface area contributed by atoms with Gasteiger partial charge in [-0.1, -0.05) is 155 Å². The first-order chi connectivity index (χ1) is 28.9. The minimum Gasteiger partial charge on any atom is -0.462 e. The molecule has 0 bridgehead atoms. The zero-order valence-corrected chi connectivity index (χ0v) is 36.3. The second-order valence-corrected chi connectivity index (χ2v) is 15.7. The monoisotopic (exact) mass is 862 g/mol. The molecular weight excluding hydrogens is 791 g/mol. The van der Waals surface area contributed by atoms with Crippen molar-refractivity contribution >= 4 is 19.8 Å². The highest BCUT2D eigenvalue weighted by Crippen LogP contribution is 2.47. The van der Waals surface area contributed by atoms with Crippen LogP contribution in [-0.4, -0.2) is 98.3 Å². The molecule has 0 aliphatic heterocycles. The Kier molecular flexibility index (Phi) is 31.9.